The molecule has 1 unspecified atom stereocenters. The second-order valence-electron chi connectivity index (χ2n) is 4.66. The quantitative estimate of drug-likeness (QED) is 0.699. The van der Waals surface area contributed by atoms with E-state index in [2.05, 4.69) is 17.6 Å². The van der Waals surface area contributed by atoms with Gasteiger partial charge in [0.2, 0.25) is 5.91 Å². The molecule has 1 atom stereocenters. The number of amides is 1. The van der Waals surface area contributed by atoms with Gasteiger partial charge >= 0.3 is 0 Å². The van der Waals surface area contributed by atoms with Crippen molar-refractivity contribution < 1.29 is 4.79 Å². The fraction of sp³-hybridized carbons (Fsp3) is 0.909. The molecule has 0 bridgehead atoms. The van der Waals surface area contributed by atoms with E-state index in [1.54, 1.807) is 0 Å². The van der Waals surface area contributed by atoms with Gasteiger partial charge < -0.3 is 10.6 Å². The van der Waals surface area contributed by atoms with Crippen molar-refractivity contribution in [3.8, 4) is 0 Å². The zero-order chi connectivity index (χ0) is 10.6. The van der Waals surface area contributed by atoms with Gasteiger partial charge in [0.1, 0.15) is 0 Å². The molecule has 0 saturated heterocycles. The standard InChI is InChI=1S/C11H22N2O/c1-4-12-10(14)9(2)13-8-11(3)6-5-7-11/h9,13H,4-8H2,1-3H3,(H,12,14). The average molecular weight is 198 g/mol. The highest BCUT2D eigenvalue weighted by molar-refractivity contribution is 5.81. The highest BCUT2D eigenvalue weighted by atomic mass is 16.2. The van der Waals surface area contributed by atoms with Crippen molar-refractivity contribution in [3.05, 3.63) is 0 Å². The van der Waals surface area contributed by atoms with E-state index in [1.165, 1.54) is 19.3 Å². The number of rotatable bonds is 5. The van der Waals surface area contributed by atoms with E-state index in [9.17, 15) is 4.79 Å². The van der Waals surface area contributed by atoms with Crippen molar-refractivity contribution in [2.75, 3.05) is 13.1 Å². The first-order valence-electron chi connectivity index (χ1n) is 5.58. The molecule has 0 radical (unpaired) electrons. The highest BCUT2D eigenvalue weighted by Crippen LogP contribution is 2.39. The maximum atomic E-state index is 11.4. The van der Waals surface area contributed by atoms with Crippen LogP contribution in [0, 0.1) is 5.41 Å². The number of hydrogen-bond donors (Lipinski definition) is 2. The lowest BCUT2D eigenvalue weighted by molar-refractivity contribution is -0.122. The molecule has 3 heteroatoms. The molecule has 1 aliphatic rings. The molecule has 1 aliphatic carbocycles. The fourth-order valence-corrected chi connectivity index (χ4v) is 1.78. The Morgan fingerprint density at radius 2 is 2.14 bits per heavy atom. The van der Waals surface area contributed by atoms with E-state index in [4.69, 9.17) is 0 Å². The van der Waals surface area contributed by atoms with Crippen molar-refractivity contribution in [2.24, 2.45) is 5.41 Å². The van der Waals surface area contributed by atoms with E-state index in [-0.39, 0.29) is 11.9 Å². The van der Waals surface area contributed by atoms with Crippen LogP contribution in [0.2, 0.25) is 0 Å². The first kappa shape index (κ1) is 11.5. The van der Waals surface area contributed by atoms with Gasteiger partial charge in [0.05, 0.1) is 6.04 Å². The second kappa shape index (κ2) is 4.78. The van der Waals surface area contributed by atoms with Crippen molar-refractivity contribution in [2.45, 2.75) is 46.1 Å². The second-order valence-corrected chi connectivity index (χ2v) is 4.66. The number of carbonyl (C=O) groups excluding carboxylic acids is 1. The summed E-state index contributed by atoms with van der Waals surface area (Å²) in [6.07, 6.45) is 3.93. The minimum atomic E-state index is -0.0626. The Morgan fingerprint density at radius 1 is 1.50 bits per heavy atom. The van der Waals surface area contributed by atoms with Gasteiger partial charge in [0, 0.05) is 13.1 Å². The van der Waals surface area contributed by atoms with Gasteiger partial charge in [-0.3, -0.25) is 4.79 Å². The predicted molar refractivity (Wildman–Crippen MR) is 58.1 cm³/mol. The summed E-state index contributed by atoms with van der Waals surface area (Å²) in [5, 5.41) is 6.11. The van der Waals surface area contributed by atoms with E-state index in [0.29, 0.717) is 12.0 Å². The van der Waals surface area contributed by atoms with Crippen LogP contribution in [0.25, 0.3) is 0 Å². The summed E-state index contributed by atoms with van der Waals surface area (Å²) in [7, 11) is 0. The number of hydrogen-bond acceptors (Lipinski definition) is 2. The molecule has 3 nitrogen and oxygen atoms in total. The lowest BCUT2D eigenvalue weighted by atomic mass is 9.70. The lowest BCUT2D eigenvalue weighted by Gasteiger charge is -2.39. The van der Waals surface area contributed by atoms with Gasteiger partial charge in [-0.05, 0) is 32.1 Å². The third-order valence-electron chi connectivity index (χ3n) is 3.14. The van der Waals surface area contributed by atoms with Crippen molar-refractivity contribution in [1.82, 2.24) is 10.6 Å². The van der Waals surface area contributed by atoms with Crippen LogP contribution >= 0.6 is 0 Å². The molecule has 0 aromatic heterocycles. The van der Waals surface area contributed by atoms with Crippen LogP contribution in [0.15, 0.2) is 0 Å². The predicted octanol–water partition coefficient (Wildman–Crippen LogP) is 1.29. The zero-order valence-corrected chi connectivity index (χ0v) is 9.52. The first-order valence-corrected chi connectivity index (χ1v) is 5.58. The molecular formula is C11H22N2O. The molecule has 1 amide bonds. The molecule has 0 aromatic carbocycles. The highest BCUT2D eigenvalue weighted by Gasteiger charge is 2.31. The van der Waals surface area contributed by atoms with Crippen molar-refractivity contribution in [3.63, 3.8) is 0 Å². The maximum absolute atomic E-state index is 11.4. The largest absolute Gasteiger partial charge is 0.355 e. The SMILES string of the molecule is CCNC(=O)C(C)NCC1(C)CCC1. The molecule has 0 aromatic rings. The van der Waals surface area contributed by atoms with Crippen LogP contribution in [-0.2, 0) is 4.79 Å². The molecule has 1 rings (SSSR count). The summed E-state index contributed by atoms with van der Waals surface area (Å²) in [5.74, 6) is 0.107. The number of nitrogens with one attached hydrogen (secondary N) is 2. The molecule has 0 aliphatic heterocycles. The lowest BCUT2D eigenvalue weighted by Crippen LogP contribution is -2.47. The Morgan fingerprint density at radius 3 is 2.57 bits per heavy atom. The van der Waals surface area contributed by atoms with E-state index in [0.717, 1.165) is 6.54 Å². The average Bonchev–Trinajstić information content (AvgIpc) is 2.11. The summed E-state index contributed by atoms with van der Waals surface area (Å²) >= 11 is 0. The van der Waals surface area contributed by atoms with Crippen molar-refractivity contribution in [1.29, 1.82) is 0 Å². The Balaban J connectivity index is 2.20. The normalized spacial score (nSPS) is 21.1. The van der Waals surface area contributed by atoms with Crippen LogP contribution in [0.5, 0.6) is 0 Å². The Hall–Kier alpha value is -0.570. The molecule has 0 heterocycles. The van der Waals surface area contributed by atoms with Crippen molar-refractivity contribution >= 4 is 5.91 Å². The van der Waals surface area contributed by atoms with Gasteiger partial charge in [-0.1, -0.05) is 13.3 Å². The molecular weight excluding hydrogens is 176 g/mol. The summed E-state index contributed by atoms with van der Waals surface area (Å²) in [5.41, 5.74) is 0.445. The van der Waals surface area contributed by atoms with Crippen LogP contribution in [-0.4, -0.2) is 25.0 Å². The summed E-state index contributed by atoms with van der Waals surface area (Å²) < 4.78 is 0. The van der Waals surface area contributed by atoms with Gasteiger partial charge in [0.15, 0.2) is 0 Å². The number of likely N-dealkylation sites (N-methyl/N-ethyl adjacent to an activating group) is 1. The Bertz CT molecular complexity index is 199. The molecule has 2 N–H and O–H groups in total. The van der Waals surface area contributed by atoms with Gasteiger partial charge in [-0.15, -0.1) is 0 Å². The molecule has 1 saturated carbocycles. The fourth-order valence-electron chi connectivity index (χ4n) is 1.78. The van der Waals surface area contributed by atoms with E-state index in [1.807, 2.05) is 13.8 Å². The van der Waals surface area contributed by atoms with Gasteiger partial charge in [-0.25, -0.2) is 0 Å². The summed E-state index contributed by atoms with van der Waals surface area (Å²) in [6, 6.07) is -0.0626. The van der Waals surface area contributed by atoms with E-state index < -0.39 is 0 Å². The third kappa shape index (κ3) is 2.98. The van der Waals surface area contributed by atoms with Crippen LogP contribution in [0.4, 0.5) is 0 Å². The monoisotopic (exact) mass is 198 g/mol. The maximum Gasteiger partial charge on any atom is 0.236 e. The minimum Gasteiger partial charge on any atom is -0.355 e. The summed E-state index contributed by atoms with van der Waals surface area (Å²) in [4.78, 5) is 11.4. The van der Waals surface area contributed by atoms with Crippen LogP contribution in [0.3, 0.4) is 0 Å². The molecule has 0 spiro atoms. The van der Waals surface area contributed by atoms with Gasteiger partial charge in [-0.2, -0.15) is 0 Å². The topological polar surface area (TPSA) is 41.1 Å². The Kier molecular flexibility index (Phi) is 3.93. The molecule has 82 valence electrons. The van der Waals surface area contributed by atoms with E-state index >= 15 is 0 Å². The van der Waals surface area contributed by atoms with Crippen LogP contribution < -0.4 is 10.6 Å². The summed E-state index contributed by atoms with van der Waals surface area (Å²) in [6.45, 7) is 7.83. The Labute approximate surface area is 86.6 Å². The van der Waals surface area contributed by atoms with Gasteiger partial charge in [0.25, 0.3) is 0 Å². The third-order valence-corrected chi connectivity index (χ3v) is 3.14. The zero-order valence-electron chi connectivity index (χ0n) is 9.52. The first-order chi connectivity index (χ1) is 6.57. The van der Waals surface area contributed by atoms with Crippen LogP contribution in [0.1, 0.15) is 40.0 Å². The minimum absolute atomic E-state index is 0.0626. The molecule has 14 heavy (non-hydrogen) atoms. The smallest absolute Gasteiger partial charge is 0.236 e. The molecule has 1 fully saturated rings. The number of carbonyl (C=O) groups is 1.